The zero-order valence-electron chi connectivity index (χ0n) is 14.2. The lowest BCUT2D eigenvalue weighted by atomic mass is 9.99. The molecule has 7 heteroatoms. The summed E-state index contributed by atoms with van der Waals surface area (Å²) in [4.78, 5) is 27.8. The molecule has 2 N–H and O–H groups in total. The summed E-state index contributed by atoms with van der Waals surface area (Å²) in [6.07, 6.45) is 0.567. The Morgan fingerprint density at radius 1 is 1.20 bits per heavy atom. The molecule has 1 amide bonds. The highest BCUT2D eigenvalue weighted by Gasteiger charge is 2.14. The predicted octanol–water partition coefficient (Wildman–Crippen LogP) is 3.22. The highest BCUT2D eigenvalue weighted by molar-refractivity contribution is 5.89. The van der Waals surface area contributed by atoms with E-state index in [1.165, 1.54) is 24.4 Å². The third kappa shape index (κ3) is 3.71. The van der Waals surface area contributed by atoms with Crippen LogP contribution in [0.4, 0.5) is 4.79 Å². The number of fused-ring (bicyclic) bond motifs is 2. The zero-order chi connectivity index (χ0) is 18.2. The van der Waals surface area contributed by atoms with E-state index in [-0.39, 0.29) is 33.1 Å². The molecule has 0 radical (unpaired) electrons. The topological polar surface area (TPSA) is 105 Å². The van der Waals surface area contributed by atoms with E-state index >= 15 is 0 Å². The van der Waals surface area contributed by atoms with Crippen molar-refractivity contribution in [3.63, 3.8) is 0 Å². The number of rotatable bonds is 3. The van der Waals surface area contributed by atoms with Crippen LogP contribution >= 0.6 is 0 Å². The summed E-state index contributed by atoms with van der Waals surface area (Å²) < 4.78 is 16.1. The van der Waals surface area contributed by atoms with Gasteiger partial charge in [0.15, 0.2) is 0 Å². The van der Waals surface area contributed by atoms with Crippen LogP contribution in [0.3, 0.4) is 0 Å². The Hall–Kier alpha value is -3.09. The van der Waals surface area contributed by atoms with Gasteiger partial charge in [-0.3, -0.25) is 4.79 Å². The van der Waals surface area contributed by atoms with Crippen molar-refractivity contribution in [1.82, 2.24) is 4.98 Å². The van der Waals surface area contributed by atoms with Gasteiger partial charge in [0.2, 0.25) is 11.1 Å². The molecule has 0 aliphatic carbocycles. The van der Waals surface area contributed by atoms with Crippen LogP contribution in [0.25, 0.3) is 22.1 Å². The molecule has 0 saturated carbocycles. The molecular weight excluding hydrogens is 324 g/mol. The number of primary amides is 1. The third-order valence-electron chi connectivity index (χ3n) is 3.36. The van der Waals surface area contributed by atoms with Gasteiger partial charge in [0.05, 0.1) is 23.6 Å². The minimum Gasteiger partial charge on any atom is -0.491 e. The quantitative estimate of drug-likeness (QED) is 0.733. The van der Waals surface area contributed by atoms with Crippen molar-refractivity contribution in [3.05, 3.63) is 40.7 Å². The van der Waals surface area contributed by atoms with Crippen LogP contribution < -0.4 is 20.6 Å². The Kier molecular flexibility index (Phi) is 4.08. The number of hydrogen-bond donors (Lipinski definition) is 1. The maximum absolute atomic E-state index is 12.8. The van der Waals surface area contributed by atoms with Crippen molar-refractivity contribution in [1.29, 1.82) is 0 Å². The van der Waals surface area contributed by atoms with E-state index in [1.807, 2.05) is 20.8 Å². The SMILES string of the molecule is CC(C)(C)COc1cnc2oc3ccc(OC(N)=O)cc3c(=O)c2c1. The lowest BCUT2D eigenvalue weighted by Crippen LogP contribution is -2.17. The molecule has 130 valence electrons. The highest BCUT2D eigenvalue weighted by Crippen LogP contribution is 2.24. The number of amides is 1. The zero-order valence-corrected chi connectivity index (χ0v) is 14.2. The van der Waals surface area contributed by atoms with Crippen LogP contribution in [0.5, 0.6) is 11.5 Å². The van der Waals surface area contributed by atoms with Crippen LogP contribution in [0.2, 0.25) is 0 Å². The molecule has 25 heavy (non-hydrogen) atoms. The van der Waals surface area contributed by atoms with Gasteiger partial charge in [-0.2, -0.15) is 0 Å². The van der Waals surface area contributed by atoms with Crippen LogP contribution in [-0.4, -0.2) is 17.7 Å². The molecule has 0 bridgehead atoms. The lowest BCUT2D eigenvalue weighted by Gasteiger charge is -2.18. The molecule has 0 saturated heterocycles. The van der Waals surface area contributed by atoms with Crippen LogP contribution in [0.1, 0.15) is 20.8 Å². The Bertz CT molecular complexity index is 1020. The van der Waals surface area contributed by atoms with Crippen molar-refractivity contribution >= 4 is 28.2 Å². The third-order valence-corrected chi connectivity index (χ3v) is 3.36. The average molecular weight is 342 g/mol. The number of pyridine rings is 1. The Balaban J connectivity index is 2.08. The number of carbonyl (C=O) groups is 1. The monoisotopic (exact) mass is 342 g/mol. The van der Waals surface area contributed by atoms with E-state index in [4.69, 9.17) is 19.6 Å². The molecule has 3 aromatic rings. The normalized spacial score (nSPS) is 11.6. The Morgan fingerprint density at radius 2 is 1.92 bits per heavy atom. The van der Waals surface area contributed by atoms with E-state index in [9.17, 15) is 9.59 Å². The van der Waals surface area contributed by atoms with Gasteiger partial charge in [-0.15, -0.1) is 0 Å². The van der Waals surface area contributed by atoms with E-state index < -0.39 is 6.09 Å². The lowest BCUT2D eigenvalue weighted by molar-refractivity contribution is 0.197. The molecule has 2 aromatic heterocycles. The molecule has 0 fully saturated rings. The number of carbonyl (C=O) groups excluding carboxylic acids is 1. The fourth-order valence-corrected chi connectivity index (χ4v) is 2.26. The van der Waals surface area contributed by atoms with E-state index in [1.54, 1.807) is 6.07 Å². The van der Waals surface area contributed by atoms with Crippen molar-refractivity contribution in [2.45, 2.75) is 20.8 Å². The molecular formula is C18H18N2O5. The summed E-state index contributed by atoms with van der Waals surface area (Å²) in [5, 5.41) is 0.552. The second-order valence-electron chi connectivity index (χ2n) is 6.88. The first kappa shape index (κ1) is 16.8. The Morgan fingerprint density at radius 3 is 2.60 bits per heavy atom. The summed E-state index contributed by atoms with van der Waals surface area (Å²) >= 11 is 0. The first-order chi connectivity index (χ1) is 11.7. The molecule has 2 heterocycles. The van der Waals surface area contributed by atoms with Crippen molar-refractivity contribution in [2.24, 2.45) is 11.1 Å². The smallest absolute Gasteiger partial charge is 0.409 e. The number of nitrogens with two attached hydrogens (primary N) is 1. The van der Waals surface area contributed by atoms with Gasteiger partial charge in [-0.1, -0.05) is 20.8 Å². The van der Waals surface area contributed by atoms with Crippen molar-refractivity contribution in [2.75, 3.05) is 6.61 Å². The molecule has 0 spiro atoms. The largest absolute Gasteiger partial charge is 0.491 e. The van der Waals surface area contributed by atoms with E-state index in [0.29, 0.717) is 17.9 Å². The Labute approximate surface area is 143 Å². The van der Waals surface area contributed by atoms with Gasteiger partial charge in [0, 0.05) is 0 Å². The molecule has 0 aliphatic rings. The van der Waals surface area contributed by atoms with Gasteiger partial charge in [-0.25, -0.2) is 9.78 Å². The average Bonchev–Trinajstić information content (AvgIpc) is 2.53. The molecule has 1 aromatic carbocycles. The number of ether oxygens (including phenoxy) is 2. The fraction of sp³-hybridized carbons (Fsp3) is 0.278. The second kappa shape index (κ2) is 6.08. The summed E-state index contributed by atoms with van der Waals surface area (Å²) in [6, 6.07) is 6.03. The van der Waals surface area contributed by atoms with Crippen LogP contribution in [-0.2, 0) is 0 Å². The highest BCUT2D eigenvalue weighted by atomic mass is 16.5. The van der Waals surface area contributed by atoms with Gasteiger partial charge < -0.3 is 19.6 Å². The molecule has 7 nitrogen and oxygen atoms in total. The van der Waals surface area contributed by atoms with Gasteiger partial charge in [0.1, 0.15) is 17.1 Å². The summed E-state index contributed by atoms with van der Waals surface area (Å²) in [6.45, 7) is 6.62. The summed E-state index contributed by atoms with van der Waals surface area (Å²) in [5.74, 6) is 0.651. The van der Waals surface area contributed by atoms with Gasteiger partial charge in [-0.05, 0) is 29.7 Å². The number of aromatic nitrogens is 1. The van der Waals surface area contributed by atoms with Crippen LogP contribution in [0.15, 0.2) is 39.7 Å². The minimum atomic E-state index is -0.955. The maximum Gasteiger partial charge on any atom is 0.409 e. The number of hydrogen-bond acceptors (Lipinski definition) is 6. The standard InChI is InChI=1S/C18H18N2O5/c1-18(2,3)9-23-11-7-13-15(21)12-6-10(24-17(19)22)4-5-14(12)25-16(13)20-8-11/h4-8H,9H2,1-3H3,(H2,19,22). The number of nitrogens with zero attached hydrogens (tertiary/aromatic N) is 1. The fourth-order valence-electron chi connectivity index (χ4n) is 2.26. The molecule has 0 atom stereocenters. The maximum atomic E-state index is 12.8. The predicted molar refractivity (Wildman–Crippen MR) is 92.9 cm³/mol. The first-order valence-corrected chi connectivity index (χ1v) is 7.70. The van der Waals surface area contributed by atoms with Crippen molar-refractivity contribution < 1.29 is 18.7 Å². The van der Waals surface area contributed by atoms with E-state index in [0.717, 1.165) is 0 Å². The van der Waals surface area contributed by atoms with Gasteiger partial charge in [0.25, 0.3) is 0 Å². The van der Waals surface area contributed by atoms with E-state index in [2.05, 4.69) is 4.98 Å². The first-order valence-electron chi connectivity index (χ1n) is 7.70. The molecule has 0 aliphatic heterocycles. The summed E-state index contributed by atoms with van der Waals surface area (Å²) in [7, 11) is 0. The minimum absolute atomic E-state index is 0.0238. The number of benzene rings is 1. The van der Waals surface area contributed by atoms with Crippen LogP contribution in [0, 0.1) is 5.41 Å². The molecule has 3 rings (SSSR count). The van der Waals surface area contributed by atoms with Crippen molar-refractivity contribution in [3.8, 4) is 11.5 Å². The molecule has 0 unspecified atom stereocenters. The van der Waals surface area contributed by atoms with Gasteiger partial charge >= 0.3 is 6.09 Å². The second-order valence-corrected chi connectivity index (χ2v) is 6.88. The summed E-state index contributed by atoms with van der Waals surface area (Å²) in [5.41, 5.74) is 5.23.